The molecule has 112 valence electrons. The molecule has 0 bridgehead atoms. The van der Waals surface area contributed by atoms with Crippen molar-refractivity contribution in [2.24, 2.45) is 11.8 Å². The van der Waals surface area contributed by atoms with E-state index in [1.807, 2.05) is 6.92 Å². The summed E-state index contributed by atoms with van der Waals surface area (Å²) < 4.78 is 27.2. The van der Waals surface area contributed by atoms with Gasteiger partial charge >= 0.3 is 0 Å². The van der Waals surface area contributed by atoms with Crippen LogP contribution in [0.2, 0.25) is 0 Å². The zero-order valence-electron chi connectivity index (χ0n) is 12.5. The topological polar surface area (TPSA) is 12.0 Å². The lowest BCUT2D eigenvalue weighted by atomic mass is 9.82. The summed E-state index contributed by atoms with van der Waals surface area (Å²) in [7, 11) is 0. The van der Waals surface area contributed by atoms with E-state index in [-0.39, 0.29) is 11.6 Å². The van der Waals surface area contributed by atoms with Gasteiger partial charge in [-0.2, -0.15) is 0 Å². The number of rotatable bonds is 5. The fourth-order valence-corrected chi connectivity index (χ4v) is 3.22. The third kappa shape index (κ3) is 4.27. The first kappa shape index (κ1) is 15.4. The zero-order chi connectivity index (χ0) is 14.5. The summed E-state index contributed by atoms with van der Waals surface area (Å²) in [4.78, 5) is 0. The molecule has 1 aliphatic rings. The van der Waals surface area contributed by atoms with E-state index >= 15 is 0 Å². The van der Waals surface area contributed by atoms with Crippen LogP contribution in [0.3, 0.4) is 0 Å². The smallest absolute Gasteiger partial charge is 0.129 e. The van der Waals surface area contributed by atoms with E-state index in [9.17, 15) is 8.78 Å². The highest BCUT2D eigenvalue weighted by molar-refractivity contribution is 5.20. The van der Waals surface area contributed by atoms with Gasteiger partial charge in [-0.25, -0.2) is 8.78 Å². The van der Waals surface area contributed by atoms with E-state index < -0.39 is 11.6 Å². The zero-order valence-corrected chi connectivity index (χ0v) is 12.5. The molecule has 0 radical (unpaired) electrons. The van der Waals surface area contributed by atoms with Gasteiger partial charge in [0.2, 0.25) is 0 Å². The molecule has 1 aromatic rings. The monoisotopic (exact) mass is 281 g/mol. The SMILES string of the molecule is CC1CCCC(CNC(C)Cc2c(F)cccc2F)C1. The molecule has 0 aliphatic heterocycles. The third-order valence-electron chi connectivity index (χ3n) is 4.37. The van der Waals surface area contributed by atoms with Crippen molar-refractivity contribution in [3.05, 3.63) is 35.4 Å². The van der Waals surface area contributed by atoms with Gasteiger partial charge in [-0.15, -0.1) is 0 Å². The lowest BCUT2D eigenvalue weighted by Gasteiger charge is -2.28. The number of nitrogens with one attached hydrogen (secondary N) is 1. The molecule has 3 unspecified atom stereocenters. The van der Waals surface area contributed by atoms with Crippen molar-refractivity contribution < 1.29 is 8.78 Å². The highest BCUT2D eigenvalue weighted by atomic mass is 19.1. The predicted octanol–water partition coefficient (Wildman–Crippen LogP) is 4.31. The van der Waals surface area contributed by atoms with Gasteiger partial charge in [0.1, 0.15) is 11.6 Å². The molecule has 1 N–H and O–H groups in total. The first-order valence-corrected chi connectivity index (χ1v) is 7.72. The van der Waals surface area contributed by atoms with Gasteiger partial charge in [0.05, 0.1) is 0 Å². The predicted molar refractivity (Wildman–Crippen MR) is 78.6 cm³/mol. The highest BCUT2D eigenvalue weighted by Crippen LogP contribution is 2.28. The van der Waals surface area contributed by atoms with Gasteiger partial charge in [0.15, 0.2) is 0 Å². The molecular weight excluding hydrogens is 256 g/mol. The molecule has 0 amide bonds. The van der Waals surface area contributed by atoms with Crippen LogP contribution >= 0.6 is 0 Å². The van der Waals surface area contributed by atoms with E-state index in [1.165, 1.54) is 43.9 Å². The molecule has 3 heteroatoms. The second-order valence-corrected chi connectivity index (χ2v) is 6.35. The molecule has 0 saturated heterocycles. The lowest BCUT2D eigenvalue weighted by molar-refractivity contribution is 0.267. The average molecular weight is 281 g/mol. The number of hydrogen-bond acceptors (Lipinski definition) is 1. The Hall–Kier alpha value is -0.960. The molecule has 1 saturated carbocycles. The number of hydrogen-bond donors (Lipinski definition) is 1. The van der Waals surface area contributed by atoms with Gasteiger partial charge < -0.3 is 5.32 Å². The van der Waals surface area contributed by atoms with E-state index in [2.05, 4.69) is 12.2 Å². The van der Waals surface area contributed by atoms with E-state index in [1.54, 1.807) is 0 Å². The van der Waals surface area contributed by atoms with Gasteiger partial charge in [-0.3, -0.25) is 0 Å². The molecule has 0 aromatic heterocycles. The summed E-state index contributed by atoms with van der Waals surface area (Å²) in [5.74, 6) is 0.649. The summed E-state index contributed by atoms with van der Waals surface area (Å²) in [6, 6.07) is 4.16. The first-order chi connectivity index (χ1) is 9.56. The molecule has 1 fully saturated rings. The summed E-state index contributed by atoms with van der Waals surface area (Å²) in [5.41, 5.74) is 0.199. The first-order valence-electron chi connectivity index (χ1n) is 7.72. The van der Waals surface area contributed by atoms with E-state index in [0.717, 1.165) is 12.5 Å². The van der Waals surface area contributed by atoms with Crippen molar-refractivity contribution in [2.75, 3.05) is 6.54 Å². The number of benzene rings is 1. The molecule has 0 spiro atoms. The van der Waals surface area contributed by atoms with Gasteiger partial charge in [0, 0.05) is 11.6 Å². The summed E-state index contributed by atoms with van der Waals surface area (Å²) in [6.45, 7) is 5.27. The summed E-state index contributed by atoms with van der Waals surface area (Å²) in [6.07, 6.45) is 5.60. The van der Waals surface area contributed by atoms with Crippen LogP contribution in [-0.2, 0) is 6.42 Å². The second-order valence-electron chi connectivity index (χ2n) is 6.35. The third-order valence-corrected chi connectivity index (χ3v) is 4.37. The maximum Gasteiger partial charge on any atom is 0.129 e. The Morgan fingerprint density at radius 3 is 2.60 bits per heavy atom. The minimum absolute atomic E-state index is 0.0960. The minimum Gasteiger partial charge on any atom is -0.314 e. The van der Waals surface area contributed by atoms with E-state index in [4.69, 9.17) is 0 Å². The van der Waals surface area contributed by atoms with Gasteiger partial charge in [0.25, 0.3) is 0 Å². The average Bonchev–Trinajstić information content (AvgIpc) is 2.41. The molecule has 0 heterocycles. The fourth-order valence-electron chi connectivity index (χ4n) is 3.22. The fraction of sp³-hybridized carbons (Fsp3) is 0.647. The van der Waals surface area contributed by atoms with Crippen LogP contribution in [0, 0.1) is 23.5 Å². The van der Waals surface area contributed by atoms with Crippen LogP contribution in [0.5, 0.6) is 0 Å². The molecule has 20 heavy (non-hydrogen) atoms. The quantitative estimate of drug-likeness (QED) is 0.848. The van der Waals surface area contributed by atoms with Crippen molar-refractivity contribution in [1.82, 2.24) is 5.32 Å². The lowest BCUT2D eigenvalue weighted by Crippen LogP contribution is -2.34. The Bertz CT molecular complexity index is 413. The highest BCUT2D eigenvalue weighted by Gasteiger charge is 2.19. The van der Waals surface area contributed by atoms with Crippen LogP contribution in [0.1, 0.15) is 45.1 Å². The van der Waals surface area contributed by atoms with E-state index in [0.29, 0.717) is 12.3 Å². The molecule has 1 aliphatic carbocycles. The summed E-state index contributed by atoms with van der Waals surface area (Å²) >= 11 is 0. The summed E-state index contributed by atoms with van der Waals surface area (Å²) in [5, 5.41) is 3.44. The maximum atomic E-state index is 13.6. The van der Waals surface area contributed by atoms with Crippen LogP contribution in [0.25, 0.3) is 0 Å². The maximum absolute atomic E-state index is 13.6. The van der Waals surface area contributed by atoms with Crippen molar-refractivity contribution in [1.29, 1.82) is 0 Å². The van der Waals surface area contributed by atoms with Crippen LogP contribution in [-0.4, -0.2) is 12.6 Å². The largest absolute Gasteiger partial charge is 0.314 e. The van der Waals surface area contributed by atoms with Crippen LogP contribution in [0.4, 0.5) is 8.78 Å². The standard InChI is InChI=1S/C17H25F2N/c1-12-5-3-6-14(9-12)11-20-13(2)10-15-16(18)7-4-8-17(15)19/h4,7-8,12-14,20H,3,5-6,9-11H2,1-2H3. The Balaban J connectivity index is 1.82. The second kappa shape index (κ2) is 7.16. The Morgan fingerprint density at radius 1 is 1.25 bits per heavy atom. The Kier molecular flexibility index (Phi) is 5.53. The minimum atomic E-state index is -0.440. The Morgan fingerprint density at radius 2 is 1.95 bits per heavy atom. The van der Waals surface area contributed by atoms with Crippen molar-refractivity contribution in [3.8, 4) is 0 Å². The van der Waals surface area contributed by atoms with Crippen molar-refractivity contribution in [3.63, 3.8) is 0 Å². The van der Waals surface area contributed by atoms with Crippen LogP contribution in [0.15, 0.2) is 18.2 Å². The van der Waals surface area contributed by atoms with Crippen LogP contribution < -0.4 is 5.32 Å². The molecule has 3 atom stereocenters. The van der Waals surface area contributed by atoms with Gasteiger partial charge in [-0.05, 0) is 56.7 Å². The normalized spacial score (nSPS) is 24.6. The Labute approximate surface area is 120 Å². The molecule has 1 aromatic carbocycles. The molecule has 2 rings (SSSR count). The molecular formula is C17H25F2N. The number of halogens is 2. The molecule has 1 nitrogen and oxygen atoms in total. The van der Waals surface area contributed by atoms with Gasteiger partial charge in [-0.1, -0.05) is 25.8 Å². The van der Waals surface area contributed by atoms with Crippen molar-refractivity contribution in [2.45, 2.75) is 52.0 Å². The van der Waals surface area contributed by atoms with Crippen molar-refractivity contribution >= 4 is 0 Å².